The highest BCUT2D eigenvalue weighted by Gasteiger charge is 2.15. The minimum absolute atomic E-state index is 0. The number of nitrogens with zero attached hydrogens (tertiary/aromatic N) is 1. The molecule has 0 spiro atoms. The maximum atomic E-state index is 11.6. The van der Waals surface area contributed by atoms with Gasteiger partial charge in [-0.2, -0.15) is 0 Å². The van der Waals surface area contributed by atoms with Gasteiger partial charge in [0.05, 0.1) is 20.8 Å². The second-order valence-corrected chi connectivity index (χ2v) is 5.30. The molecule has 0 aliphatic carbocycles. The maximum absolute atomic E-state index is 11.6. The molecule has 1 aromatic carbocycles. The van der Waals surface area contributed by atoms with E-state index in [2.05, 4.69) is 15.6 Å². The van der Waals surface area contributed by atoms with Gasteiger partial charge in [0.25, 0.3) is 0 Å². The summed E-state index contributed by atoms with van der Waals surface area (Å²) in [4.78, 5) is 15.8. The lowest BCUT2D eigenvalue weighted by Gasteiger charge is -2.11. The minimum atomic E-state index is -0.408. The van der Waals surface area contributed by atoms with Gasteiger partial charge in [-0.15, -0.1) is 24.0 Å². The molecule has 0 amide bonds. The summed E-state index contributed by atoms with van der Waals surface area (Å²) in [6.45, 7) is 2.75. The monoisotopic (exact) mass is 473 g/mol. The number of hydrogen-bond donors (Lipinski definition) is 2. The zero-order valence-electron chi connectivity index (χ0n) is 15.3. The molecule has 142 valence electrons. The summed E-state index contributed by atoms with van der Waals surface area (Å²) < 4.78 is 15.4. The Morgan fingerprint density at radius 2 is 1.81 bits per heavy atom. The van der Waals surface area contributed by atoms with Gasteiger partial charge >= 0.3 is 5.97 Å². The molecule has 0 aliphatic rings. The Bertz CT molecular complexity index is 741. The average molecular weight is 473 g/mol. The van der Waals surface area contributed by atoms with E-state index in [0.29, 0.717) is 36.1 Å². The molecule has 0 radical (unpaired) electrons. The maximum Gasteiger partial charge on any atom is 0.341 e. The Labute approximate surface area is 170 Å². The molecule has 1 heterocycles. The molecule has 0 atom stereocenters. The van der Waals surface area contributed by atoms with Gasteiger partial charge in [0, 0.05) is 13.6 Å². The summed E-state index contributed by atoms with van der Waals surface area (Å²) in [6.07, 6.45) is 0. The molecule has 0 bridgehead atoms. The van der Waals surface area contributed by atoms with Crippen LogP contribution in [0.25, 0.3) is 0 Å². The Kier molecular flexibility index (Phi) is 8.97. The van der Waals surface area contributed by atoms with Gasteiger partial charge in [-0.05, 0) is 30.7 Å². The van der Waals surface area contributed by atoms with Gasteiger partial charge in [0.15, 0.2) is 5.96 Å². The first-order chi connectivity index (χ1) is 12.1. The number of guanidine groups is 1. The molecule has 0 unspecified atom stereocenters. The number of ether oxygens (including phenoxy) is 2. The molecule has 8 heteroatoms. The molecule has 2 N–H and O–H groups in total. The van der Waals surface area contributed by atoms with E-state index in [0.717, 1.165) is 11.3 Å². The van der Waals surface area contributed by atoms with E-state index in [4.69, 9.17) is 13.9 Å². The van der Waals surface area contributed by atoms with E-state index in [1.54, 1.807) is 27.1 Å². The van der Waals surface area contributed by atoms with Gasteiger partial charge < -0.3 is 24.5 Å². The Hall–Kier alpha value is -2.23. The number of aryl methyl sites for hydroxylation is 1. The minimum Gasteiger partial charge on any atom is -0.497 e. The molecule has 2 rings (SSSR count). The first-order valence-electron chi connectivity index (χ1n) is 7.82. The third-order valence-corrected chi connectivity index (χ3v) is 3.65. The van der Waals surface area contributed by atoms with E-state index < -0.39 is 5.97 Å². The number of carbonyl (C=O) groups excluding carboxylic acids is 1. The molecular formula is C18H24IN3O4. The summed E-state index contributed by atoms with van der Waals surface area (Å²) in [5.74, 6) is 2.20. The summed E-state index contributed by atoms with van der Waals surface area (Å²) in [5.41, 5.74) is 1.53. The molecule has 0 saturated carbocycles. The number of methoxy groups -OCH3 is 2. The zero-order valence-corrected chi connectivity index (χ0v) is 17.6. The third kappa shape index (κ3) is 5.94. The van der Waals surface area contributed by atoms with Crippen molar-refractivity contribution in [1.29, 1.82) is 0 Å². The van der Waals surface area contributed by atoms with Crippen LogP contribution in [-0.4, -0.2) is 33.2 Å². The lowest BCUT2D eigenvalue weighted by atomic mass is 10.2. The van der Waals surface area contributed by atoms with Crippen molar-refractivity contribution >= 4 is 35.9 Å². The fourth-order valence-electron chi connectivity index (χ4n) is 2.26. The van der Waals surface area contributed by atoms with E-state index >= 15 is 0 Å². The van der Waals surface area contributed by atoms with E-state index in [1.807, 2.05) is 24.3 Å². The highest BCUT2D eigenvalue weighted by atomic mass is 127. The molecule has 7 nitrogen and oxygen atoms in total. The summed E-state index contributed by atoms with van der Waals surface area (Å²) >= 11 is 0. The smallest absolute Gasteiger partial charge is 0.341 e. The predicted octanol–water partition coefficient (Wildman–Crippen LogP) is 2.87. The van der Waals surface area contributed by atoms with Crippen molar-refractivity contribution in [2.24, 2.45) is 4.99 Å². The lowest BCUT2D eigenvalue weighted by molar-refractivity contribution is 0.0599. The summed E-state index contributed by atoms with van der Waals surface area (Å²) in [6, 6.07) is 9.46. The second-order valence-electron chi connectivity index (χ2n) is 5.30. The highest BCUT2D eigenvalue weighted by Crippen LogP contribution is 2.15. The molecule has 0 fully saturated rings. The molecule has 2 aromatic rings. The van der Waals surface area contributed by atoms with Crippen LogP contribution in [0.4, 0.5) is 0 Å². The van der Waals surface area contributed by atoms with Crippen LogP contribution in [0.15, 0.2) is 39.7 Å². The Morgan fingerprint density at radius 3 is 2.38 bits per heavy atom. The number of carbonyl (C=O) groups is 1. The molecular weight excluding hydrogens is 449 g/mol. The van der Waals surface area contributed by atoms with Crippen molar-refractivity contribution in [1.82, 2.24) is 10.6 Å². The molecule has 26 heavy (non-hydrogen) atoms. The topological polar surface area (TPSA) is 85.1 Å². The zero-order chi connectivity index (χ0) is 18.2. The van der Waals surface area contributed by atoms with Crippen LogP contribution in [0.5, 0.6) is 5.75 Å². The fraction of sp³-hybridized carbons (Fsp3) is 0.333. The molecule has 1 aromatic heterocycles. The Balaban J connectivity index is 0.00000338. The van der Waals surface area contributed by atoms with Crippen molar-refractivity contribution in [3.05, 3.63) is 53.0 Å². The number of furan rings is 1. The van der Waals surface area contributed by atoms with Crippen molar-refractivity contribution in [2.75, 3.05) is 21.3 Å². The van der Waals surface area contributed by atoms with Crippen LogP contribution in [-0.2, 0) is 17.8 Å². The van der Waals surface area contributed by atoms with Gasteiger partial charge in [0.1, 0.15) is 22.8 Å². The second kappa shape index (κ2) is 10.7. The van der Waals surface area contributed by atoms with Crippen molar-refractivity contribution < 1.29 is 18.7 Å². The van der Waals surface area contributed by atoms with Gasteiger partial charge in [-0.3, -0.25) is 4.99 Å². The molecule has 0 aliphatic heterocycles. The van der Waals surface area contributed by atoms with Crippen molar-refractivity contribution in [3.63, 3.8) is 0 Å². The first-order valence-corrected chi connectivity index (χ1v) is 7.82. The number of halogens is 1. The first kappa shape index (κ1) is 21.8. The standard InChI is InChI=1S/C18H23N3O4.HI/c1-12-16(17(22)24-4)9-15(25-12)11-21-18(19-2)20-10-13-5-7-14(23-3)8-6-13;/h5-9H,10-11H2,1-4H3,(H2,19,20,21);1H. The summed E-state index contributed by atoms with van der Waals surface area (Å²) in [7, 11) is 4.68. The number of benzene rings is 1. The van der Waals surface area contributed by atoms with Crippen LogP contribution in [0, 0.1) is 6.92 Å². The number of rotatable bonds is 6. The van der Waals surface area contributed by atoms with Crippen LogP contribution in [0.1, 0.15) is 27.4 Å². The number of esters is 1. The number of aliphatic imine (C=N–C) groups is 1. The SMILES string of the molecule is CN=C(NCc1ccc(OC)cc1)NCc1cc(C(=O)OC)c(C)o1.I. The highest BCUT2D eigenvalue weighted by molar-refractivity contribution is 14.0. The Morgan fingerprint density at radius 1 is 1.15 bits per heavy atom. The predicted molar refractivity (Wildman–Crippen MR) is 110 cm³/mol. The van der Waals surface area contributed by atoms with Gasteiger partial charge in [0.2, 0.25) is 0 Å². The van der Waals surface area contributed by atoms with E-state index in [9.17, 15) is 4.79 Å². The van der Waals surface area contributed by atoms with Crippen LogP contribution >= 0.6 is 24.0 Å². The fourth-order valence-corrected chi connectivity index (χ4v) is 2.26. The number of hydrogen-bond acceptors (Lipinski definition) is 5. The van der Waals surface area contributed by atoms with Gasteiger partial charge in [-0.25, -0.2) is 4.79 Å². The summed E-state index contributed by atoms with van der Waals surface area (Å²) in [5, 5.41) is 6.36. The number of nitrogens with one attached hydrogen (secondary N) is 2. The van der Waals surface area contributed by atoms with Crippen molar-refractivity contribution in [2.45, 2.75) is 20.0 Å². The average Bonchev–Trinajstić information content (AvgIpc) is 3.02. The third-order valence-electron chi connectivity index (χ3n) is 3.65. The largest absolute Gasteiger partial charge is 0.497 e. The van der Waals surface area contributed by atoms with Crippen LogP contribution < -0.4 is 15.4 Å². The quantitative estimate of drug-likeness (QED) is 0.291. The van der Waals surface area contributed by atoms with E-state index in [-0.39, 0.29) is 24.0 Å². The molecule has 0 saturated heterocycles. The lowest BCUT2D eigenvalue weighted by Crippen LogP contribution is -2.36. The van der Waals surface area contributed by atoms with Gasteiger partial charge in [-0.1, -0.05) is 12.1 Å². The van der Waals surface area contributed by atoms with E-state index in [1.165, 1.54) is 7.11 Å². The van der Waals surface area contributed by atoms with Crippen molar-refractivity contribution in [3.8, 4) is 5.75 Å². The van der Waals surface area contributed by atoms with Crippen LogP contribution in [0.2, 0.25) is 0 Å². The van der Waals surface area contributed by atoms with Crippen LogP contribution in [0.3, 0.4) is 0 Å². The normalized spacial score (nSPS) is 10.7.